The zero-order valence-corrected chi connectivity index (χ0v) is 12.9. The highest BCUT2D eigenvalue weighted by molar-refractivity contribution is 6.32. The van der Waals surface area contributed by atoms with Gasteiger partial charge in [-0.1, -0.05) is 11.6 Å². The van der Waals surface area contributed by atoms with Gasteiger partial charge in [-0.2, -0.15) is 5.26 Å². The Kier molecular flexibility index (Phi) is 5.68. The first-order valence-corrected chi connectivity index (χ1v) is 7.34. The van der Waals surface area contributed by atoms with Crippen molar-refractivity contribution in [2.24, 2.45) is 0 Å². The summed E-state index contributed by atoms with van der Waals surface area (Å²) in [6, 6.07) is 5.60. The fourth-order valence-electron chi connectivity index (χ4n) is 2.17. The monoisotopic (exact) mass is 335 g/mol. The van der Waals surface area contributed by atoms with Gasteiger partial charge in [-0.25, -0.2) is 0 Å². The average Bonchev–Trinajstić information content (AvgIpc) is 3.05. The zero-order chi connectivity index (χ0) is 16.8. The van der Waals surface area contributed by atoms with Gasteiger partial charge in [0, 0.05) is 35.9 Å². The molecule has 0 spiro atoms. The smallest absolute Gasteiger partial charge is 0.270 e. The van der Waals surface area contributed by atoms with Gasteiger partial charge in [0.1, 0.15) is 11.6 Å². The van der Waals surface area contributed by atoms with Crippen LogP contribution in [0, 0.1) is 21.4 Å². The maximum Gasteiger partial charge on any atom is 0.270 e. The molecule has 1 amide bonds. The Labute approximate surface area is 137 Å². The Balaban J connectivity index is 2.14. The lowest BCUT2D eigenvalue weighted by atomic mass is 10.1. The summed E-state index contributed by atoms with van der Waals surface area (Å²) >= 11 is 5.96. The second-order valence-corrected chi connectivity index (χ2v) is 5.38. The summed E-state index contributed by atoms with van der Waals surface area (Å²) in [6.07, 6.45) is 3.01. The summed E-state index contributed by atoms with van der Waals surface area (Å²) in [7, 11) is 0. The highest BCUT2D eigenvalue weighted by Crippen LogP contribution is 2.24. The van der Waals surface area contributed by atoms with E-state index in [2.05, 4.69) is 5.32 Å². The maximum absolute atomic E-state index is 12.0. The van der Waals surface area contributed by atoms with E-state index in [0.717, 1.165) is 12.8 Å². The molecule has 1 atom stereocenters. The van der Waals surface area contributed by atoms with E-state index in [0.29, 0.717) is 13.2 Å². The molecule has 0 radical (unpaired) electrons. The molecule has 1 heterocycles. The molecule has 1 aromatic rings. The number of non-ortho nitro benzene ring substituents is 1. The SMILES string of the molecule is N#C/C(=C\c1cc([N+](=O)[O-])ccc1Cl)C(=O)NC[C@H]1CCCO1. The van der Waals surface area contributed by atoms with Crippen LogP contribution in [0.3, 0.4) is 0 Å². The van der Waals surface area contributed by atoms with Crippen molar-refractivity contribution < 1.29 is 14.5 Å². The van der Waals surface area contributed by atoms with Crippen molar-refractivity contribution in [3.8, 4) is 6.07 Å². The van der Waals surface area contributed by atoms with Crippen molar-refractivity contribution in [3.05, 3.63) is 44.5 Å². The van der Waals surface area contributed by atoms with Gasteiger partial charge >= 0.3 is 0 Å². The van der Waals surface area contributed by atoms with Crippen LogP contribution in [-0.4, -0.2) is 30.1 Å². The van der Waals surface area contributed by atoms with Crippen LogP contribution in [-0.2, 0) is 9.53 Å². The lowest BCUT2D eigenvalue weighted by Crippen LogP contribution is -2.32. The van der Waals surface area contributed by atoms with E-state index < -0.39 is 10.8 Å². The first-order valence-electron chi connectivity index (χ1n) is 6.97. The van der Waals surface area contributed by atoms with Gasteiger partial charge in [-0.15, -0.1) is 0 Å². The van der Waals surface area contributed by atoms with Crippen molar-refractivity contribution >= 4 is 29.3 Å². The highest BCUT2D eigenvalue weighted by Gasteiger charge is 2.18. The second-order valence-electron chi connectivity index (χ2n) is 4.98. The lowest BCUT2D eigenvalue weighted by Gasteiger charge is -2.10. The highest BCUT2D eigenvalue weighted by atomic mass is 35.5. The fourth-order valence-corrected chi connectivity index (χ4v) is 2.34. The van der Waals surface area contributed by atoms with Gasteiger partial charge < -0.3 is 10.1 Å². The third-order valence-electron chi connectivity index (χ3n) is 3.37. The molecule has 0 aromatic heterocycles. The van der Waals surface area contributed by atoms with Gasteiger partial charge in [-0.05, 0) is 25.0 Å². The number of ether oxygens (including phenoxy) is 1. The Bertz CT molecular complexity index is 690. The molecule has 1 N–H and O–H groups in total. The number of nitro benzene ring substituents is 1. The molecule has 1 aliphatic rings. The van der Waals surface area contributed by atoms with E-state index in [1.807, 2.05) is 0 Å². The predicted octanol–water partition coefficient (Wildman–Crippen LogP) is 2.45. The van der Waals surface area contributed by atoms with Gasteiger partial charge in [-0.3, -0.25) is 14.9 Å². The minimum atomic E-state index is -0.572. The second kappa shape index (κ2) is 7.72. The topological polar surface area (TPSA) is 105 Å². The van der Waals surface area contributed by atoms with E-state index in [-0.39, 0.29) is 28.0 Å². The summed E-state index contributed by atoms with van der Waals surface area (Å²) in [6.45, 7) is 0.991. The number of amides is 1. The Morgan fingerprint density at radius 1 is 1.61 bits per heavy atom. The van der Waals surface area contributed by atoms with Crippen LogP contribution >= 0.6 is 11.6 Å². The molecule has 0 aliphatic carbocycles. The van der Waals surface area contributed by atoms with E-state index >= 15 is 0 Å². The number of hydrogen-bond acceptors (Lipinski definition) is 5. The summed E-state index contributed by atoms with van der Waals surface area (Å²) in [5.41, 5.74) is -0.104. The summed E-state index contributed by atoms with van der Waals surface area (Å²) < 4.78 is 5.38. The van der Waals surface area contributed by atoms with Crippen LogP contribution in [0.5, 0.6) is 0 Å². The number of hydrogen-bond donors (Lipinski definition) is 1. The number of nitrogens with one attached hydrogen (secondary N) is 1. The molecule has 23 heavy (non-hydrogen) atoms. The number of carbonyl (C=O) groups excluding carboxylic acids is 1. The Hall–Kier alpha value is -2.43. The zero-order valence-electron chi connectivity index (χ0n) is 12.1. The van der Waals surface area contributed by atoms with Gasteiger partial charge in [0.15, 0.2) is 0 Å². The molecule has 7 nitrogen and oxygen atoms in total. The van der Waals surface area contributed by atoms with Crippen LogP contribution in [0.25, 0.3) is 6.08 Å². The van der Waals surface area contributed by atoms with Gasteiger partial charge in [0.25, 0.3) is 11.6 Å². The number of rotatable bonds is 5. The lowest BCUT2D eigenvalue weighted by molar-refractivity contribution is -0.384. The molecule has 1 fully saturated rings. The quantitative estimate of drug-likeness (QED) is 0.385. The third kappa shape index (κ3) is 4.52. The van der Waals surface area contributed by atoms with Crippen molar-refractivity contribution in [3.63, 3.8) is 0 Å². The van der Waals surface area contributed by atoms with E-state index in [4.69, 9.17) is 21.6 Å². The van der Waals surface area contributed by atoms with E-state index in [9.17, 15) is 14.9 Å². The number of nitrogens with zero attached hydrogens (tertiary/aromatic N) is 2. The van der Waals surface area contributed by atoms with Crippen molar-refractivity contribution in [2.75, 3.05) is 13.2 Å². The minimum Gasteiger partial charge on any atom is -0.376 e. The minimum absolute atomic E-state index is 0.0414. The van der Waals surface area contributed by atoms with Crippen LogP contribution in [0.1, 0.15) is 18.4 Å². The summed E-state index contributed by atoms with van der Waals surface area (Å²) in [5.74, 6) is -0.564. The molecule has 0 unspecified atom stereocenters. The standard InChI is InChI=1S/C15H14ClN3O4/c16-14-4-3-12(19(21)22)7-10(14)6-11(8-17)15(20)18-9-13-2-1-5-23-13/h3-4,6-7,13H,1-2,5,9H2,(H,18,20)/b11-6+/t13-/m1/s1. The molecular weight excluding hydrogens is 322 g/mol. The van der Waals surface area contributed by atoms with Crippen LogP contribution in [0.2, 0.25) is 5.02 Å². The normalized spacial score (nSPS) is 17.6. The molecule has 8 heteroatoms. The van der Waals surface area contributed by atoms with Gasteiger partial charge in [0.05, 0.1) is 11.0 Å². The van der Waals surface area contributed by atoms with Crippen molar-refractivity contribution in [1.82, 2.24) is 5.32 Å². The summed E-state index contributed by atoms with van der Waals surface area (Å²) in [5, 5.41) is 22.8. The number of nitro groups is 1. The van der Waals surface area contributed by atoms with Crippen molar-refractivity contribution in [2.45, 2.75) is 18.9 Å². The molecule has 1 aliphatic heterocycles. The molecule has 2 rings (SSSR count). The first kappa shape index (κ1) is 16.9. The number of halogens is 1. The molecule has 120 valence electrons. The number of nitriles is 1. The van der Waals surface area contributed by atoms with E-state index in [1.165, 1.54) is 24.3 Å². The molecule has 0 bridgehead atoms. The Morgan fingerprint density at radius 3 is 3.00 bits per heavy atom. The number of carbonyl (C=O) groups is 1. The Morgan fingerprint density at radius 2 is 2.39 bits per heavy atom. The van der Waals surface area contributed by atoms with Gasteiger partial charge in [0.2, 0.25) is 0 Å². The van der Waals surface area contributed by atoms with Crippen LogP contribution in [0.4, 0.5) is 5.69 Å². The largest absolute Gasteiger partial charge is 0.376 e. The average molecular weight is 336 g/mol. The molecule has 0 saturated carbocycles. The summed E-state index contributed by atoms with van der Waals surface area (Å²) in [4.78, 5) is 22.2. The maximum atomic E-state index is 12.0. The molecular formula is C15H14ClN3O4. The van der Waals surface area contributed by atoms with Crippen molar-refractivity contribution in [1.29, 1.82) is 5.26 Å². The fraction of sp³-hybridized carbons (Fsp3) is 0.333. The van der Waals surface area contributed by atoms with E-state index in [1.54, 1.807) is 6.07 Å². The van der Waals surface area contributed by atoms with Crippen LogP contribution < -0.4 is 5.32 Å². The first-order chi connectivity index (χ1) is 11.0. The van der Waals surface area contributed by atoms with Crippen LogP contribution in [0.15, 0.2) is 23.8 Å². The molecule has 1 saturated heterocycles. The third-order valence-corrected chi connectivity index (χ3v) is 3.71. The molecule has 1 aromatic carbocycles. The predicted molar refractivity (Wildman–Crippen MR) is 83.7 cm³/mol. The number of benzene rings is 1.